The molecule has 4 aliphatic carbocycles. The van der Waals surface area contributed by atoms with Crippen LogP contribution in [-0.2, 0) is 20.5 Å². The molecule has 0 aliphatic heterocycles. The summed E-state index contributed by atoms with van der Waals surface area (Å²) in [5.74, 6) is 0.0816. The summed E-state index contributed by atoms with van der Waals surface area (Å²) in [4.78, 5) is 11.0. The number of allylic oxidation sites excluding steroid dienone is 4. The molecule has 3 saturated carbocycles. The van der Waals surface area contributed by atoms with E-state index in [0.717, 1.165) is 0 Å². The average Bonchev–Trinajstić information content (AvgIpc) is 2.79. The van der Waals surface area contributed by atoms with Crippen LogP contribution in [0.15, 0.2) is 24.3 Å². The Hall–Kier alpha value is 0.363. The molecule has 1 unspecified atom stereocenters. The molecule has 0 saturated heterocycles. The third-order valence-corrected chi connectivity index (χ3v) is 12.6. The van der Waals surface area contributed by atoms with Crippen molar-refractivity contribution in [3.05, 3.63) is 24.3 Å². The Morgan fingerprint density at radius 3 is 1.59 bits per heavy atom. The molecule has 165 valence electrons. The zero-order chi connectivity index (χ0) is 20.3. The number of ketones is 1. The van der Waals surface area contributed by atoms with E-state index in [0.29, 0.717) is 7.92 Å². The average molecular weight is 523 g/mol. The van der Waals surface area contributed by atoms with Gasteiger partial charge in [0.15, 0.2) is 0 Å². The van der Waals surface area contributed by atoms with Crippen molar-refractivity contribution in [1.82, 2.24) is 0 Å². The molecule has 4 heteroatoms. The Kier molecular flexibility index (Phi) is 11.3. The number of hydrogen-bond acceptors (Lipinski definition) is 1. The maximum atomic E-state index is 11.0. The van der Waals surface area contributed by atoms with Crippen LogP contribution in [0.4, 0.5) is 0 Å². The Balaban J connectivity index is 0.000000204. The molecule has 4 aliphatic rings. The topological polar surface area (TPSA) is 17.1 Å². The summed E-state index contributed by atoms with van der Waals surface area (Å²) in [7, 11) is 5.91. The van der Waals surface area contributed by atoms with E-state index in [1.165, 1.54) is 36.2 Å². The van der Waals surface area contributed by atoms with E-state index in [1.54, 1.807) is 89.2 Å². The van der Waals surface area contributed by atoms with Gasteiger partial charge in [0.1, 0.15) is 0 Å². The van der Waals surface area contributed by atoms with Crippen molar-refractivity contribution in [3.63, 3.8) is 0 Å². The number of halogens is 1. The molecule has 0 aromatic heterocycles. The fourth-order valence-corrected chi connectivity index (χ4v) is 11.7. The third-order valence-electron chi connectivity index (χ3n) is 7.18. The minimum atomic E-state index is -0.253. The number of hydrogen-bond donors (Lipinski definition) is 0. The molecule has 0 N–H and O–H groups in total. The molecule has 3 fully saturated rings. The van der Waals surface area contributed by atoms with Gasteiger partial charge >= 0.3 is 70.8 Å². The molecule has 0 bridgehead atoms. The quantitative estimate of drug-likeness (QED) is 0.272. The van der Waals surface area contributed by atoms with Gasteiger partial charge in [0.25, 0.3) is 0 Å². The van der Waals surface area contributed by atoms with Crippen molar-refractivity contribution in [3.8, 4) is 0 Å². The SMILES string of the molecule is C1CCC(P(C2CCCCC2)C2CCCCC2)CC1.O=C1C=CC=CC1[CH]=[Ru][Cl]. The van der Waals surface area contributed by atoms with Crippen LogP contribution in [0.25, 0.3) is 0 Å². The summed E-state index contributed by atoms with van der Waals surface area (Å²) in [5.41, 5.74) is 3.57. The molecule has 4 rings (SSSR count). The second kappa shape index (κ2) is 13.7. The van der Waals surface area contributed by atoms with Gasteiger partial charge in [-0.1, -0.05) is 65.7 Å². The molecule has 29 heavy (non-hydrogen) atoms. The zero-order valence-corrected chi connectivity index (χ0v) is 21.3. The van der Waals surface area contributed by atoms with Gasteiger partial charge in [-0.15, -0.1) is 0 Å². The first kappa shape index (κ1) is 24.0. The van der Waals surface area contributed by atoms with Crippen LogP contribution >= 0.6 is 17.6 Å². The van der Waals surface area contributed by atoms with Crippen molar-refractivity contribution in [2.75, 3.05) is 0 Å². The summed E-state index contributed by atoms with van der Waals surface area (Å²) in [6, 6.07) is 0. The van der Waals surface area contributed by atoms with E-state index in [4.69, 9.17) is 9.69 Å². The van der Waals surface area contributed by atoms with E-state index in [1.807, 2.05) is 16.8 Å². The van der Waals surface area contributed by atoms with Gasteiger partial charge in [0.2, 0.25) is 0 Å². The van der Waals surface area contributed by atoms with Gasteiger partial charge in [-0.25, -0.2) is 0 Å². The van der Waals surface area contributed by atoms with E-state index in [-0.39, 0.29) is 27.4 Å². The van der Waals surface area contributed by atoms with Crippen molar-refractivity contribution in [1.29, 1.82) is 0 Å². The monoisotopic (exact) mass is 523 g/mol. The predicted molar refractivity (Wildman–Crippen MR) is 126 cm³/mol. The van der Waals surface area contributed by atoms with Crippen molar-refractivity contribution in [2.45, 2.75) is 113 Å². The molecular weight excluding hydrogens is 484 g/mol. The van der Waals surface area contributed by atoms with Crippen LogP contribution in [0.2, 0.25) is 0 Å². The van der Waals surface area contributed by atoms with Crippen molar-refractivity contribution in [2.24, 2.45) is 5.92 Å². The minimum absolute atomic E-state index is 0.0549. The summed E-state index contributed by atoms with van der Waals surface area (Å²) < 4.78 is 1.87. The van der Waals surface area contributed by atoms with Gasteiger partial charge in [-0.05, 0) is 55.5 Å². The van der Waals surface area contributed by atoms with Crippen LogP contribution < -0.4 is 0 Å². The second-order valence-electron chi connectivity index (χ2n) is 9.19. The molecule has 0 radical (unpaired) electrons. The van der Waals surface area contributed by atoms with Gasteiger partial charge in [-0.2, -0.15) is 0 Å². The Morgan fingerprint density at radius 1 is 0.759 bits per heavy atom. The Labute approximate surface area is 191 Å². The molecule has 0 heterocycles. The van der Waals surface area contributed by atoms with Crippen LogP contribution in [0, 0.1) is 5.92 Å². The standard InChI is InChI=1S/C18H33P.C7H6O.ClH.Ru/c1-4-10-16(11-5-1)19(17-12-6-2-7-13-17)18-14-8-3-9-15-18;1-6-4-2-3-5-7(6)8;;/h16-18H,1-15H2;1-6H;1H;/q;;;+1/p-1. The molecule has 1 nitrogen and oxygen atoms in total. The van der Waals surface area contributed by atoms with Crippen LogP contribution in [0.1, 0.15) is 96.3 Å². The molecule has 0 amide bonds. The number of carbonyl (C=O) groups is 1. The first-order valence-corrected chi connectivity index (χ1v) is 16.8. The molecule has 1 atom stereocenters. The molecular formula is C25H39ClOPRu. The first-order valence-electron chi connectivity index (χ1n) is 12.0. The summed E-state index contributed by atoms with van der Waals surface area (Å²) >= 11 is -0.253. The van der Waals surface area contributed by atoms with Crippen molar-refractivity contribution < 1.29 is 20.5 Å². The number of rotatable bonds is 4. The molecule has 0 aromatic rings. The Morgan fingerprint density at radius 2 is 1.21 bits per heavy atom. The maximum absolute atomic E-state index is 11.0. The van der Waals surface area contributed by atoms with Crippen LogP contribution in [0.3, 0.4) is 0 Å². The second-order valence-corrected chi connectivity index (χ2v) is 14.1. The van der Waals surface area contributed by atoms with Gasteiger partial charge < -0.3 is 0 Å². The zero-order valence-electron chi connectivity index (χ0n) is 17.9. The van der Waals surface area contributed by atoms with E-state index in [2.05, 4.69) is 0 Å². The summed E-state index contributed by atoms with van der Waals surface area (Å²) in [6.07, 6.45) is 30.7. The third kappa shape index (κ3) is 7.77. The van der Waals surface area contributed by atoms with Crippen LogP contribution in [0.5, 0.6) is 0 Å². The van der Waals surface area contributed by atoms with Crippen LogP contribution in [-0.4, -0.2) is 27.4 Å². The van der Waals surface area contributed by atoms with Gasteiger partial charge in [-0.3, -0.25) is 0 Å². The van der Waals surface area contributed by atoms with Gasteiger partial charge in [0, 0.05) is 0 Å². The van der Waals surface area contributed by atoms with E-state index in [9.17, 15) is 4.79 Å². The predicted octanol–water partition coefficient (Wildman–Crippen LogP) is 7.80. The summed E-state index contributed by atoms with van der Waals surface area (Å²) in [6.45, 7) is 0. The Bertz CT molecular complexity index is 527. The fourth-order valence-electron chi connectivity index (χ4n) is 5.72. The van der Waals surface area contributed by atoms with Gasteiger partial charge in [0.05, 0.1) is 0 Å². The molecule has 0 spiro atoms. The number of carbonyl (C=O) groups excluding carboxylic acids is 1. The van der Waals surface area contributed by atoms with E-state index >= 15 is 0 Å². The van der Waals surface area contributed by atoms with Crippen molar-refractivity contribution >= 4 is 28.0 Å². The normalized spacial score (nSPS) is 27.7. The fraction of sp³-hybridized carbons (Fsp3) is 0.760. The summed E-state index contributed by atoms with van der Waals surface area (Å²) in [5, 5.41) is 0. The first-order chi connectivity index (χ1) is 14.3. The molecule has 0 aromatic carbocycles. The van der Waals surface area contributed by atoms with E-state index < -0.39 is 0 Å².